The Bertz CT molecular complexity index is 917. The zero-order chi connectivity index (χ0) is 19.3. The van der Waals surface area contributed by atoms with Crippen LogP contribution < -0.4 is 5.32 Å². The fourth-order valence-electron chi connectivity index (χ4n) is 3.47. The van der Waals surface area contributed by atoms with Crippen LogP contribution in [0.1, 0.15) is 34.5 Å². The van der Waals surface area contributed by atoms with Crippen LogP contribution >= 0.6 is 0 Å². The van der Waals surface area contributed by atoms with Crippen molar-refractivity contribution in [3.63, 3.8) is 0 Å². The second kappa shape index (κ2) is 8.12. The lowest BCUT2D eigenvalue weighted by molar-refractivity contribution is -0.125. The topological polar surface area (TPSA) is 80.4 Å². The smallest absolute Gasteiger partial charge is 0.290 e. The first-order chi connectivity index (χ1) is 13.7. The molecule has 1 saturated heterocycles. The third kappa shape index (κ3) is 3.98. The van der Waals surface area contributed by atoms with Crippen LogP contribution in [-0.4, -0.2) is 39.1 Å². The molecule has 4 rings (SSSR count). The molecule has 144 valence electrons. The van der Waals surface area contributed by atoms with E-state index in [0.717, 1.165) is 17.5 Å². The van der Waals surface area contributed by atoms with Crippen molar-refractivity contribution in [1.29, 1.82) is 0 Å². The molecule has 2 aromatic heterocycles. The van der Waals surface area contributed by atoms with Gasteiger partial charge in [0.15, 0.2) is 5.76 Å². The number of rotatable bonds is 6. The summed E-state index contributed by atoms with van der Waals surface area (Å²) in [5.74, 6) is -0.0869. The molecule has 1 fully saturated rings. The van der Waals surface area contributed by atoms with Crippen molar-refractivity contribution in [2.45, 2.75) is 32.0 Å². The van der Waals surface area contributed by atoms with E-state index in [1.807, 2.05) is 41.2 Å². The summed E-state index contributed by atoms with van der Waals surface area (Å²) in [6.07, 6.45) is 6.63. The fraction of sp³-hybridized carbons (Fsp3) is 0.286. The van der Waals surface area contributed by atoms with Crippen molar-refractivity contribution in [1.82, 2.24) is 20.0 Å². The number of hydrogen-bond acceptors (Lipinski definition) is 4. The third-order valence-corrected chi connectivity index (χ3v) is 4.94. The molecule has 3 heterocycles. The summed E-state index contributed by atoms with van der Waals surface area (Å²) in [5, 5.41) is 7.15. The van der Waals surface area contributed by atoms with Gasteiger partial charge in [0.2, 0.25) is 5.91 Å². The van der Waals surface area contributed by atoms with Gasteiger partial charge in [0.25, 0.3) is 5.91 Å². The summed E-state index contributed by atoms with van der Waals surface area (Å²) < 4.78 is 7.05. The van der Waals surface area contributed by atoms with Crippen LogP contribution in [0, 0.1) is 0 Å². The lowest BCUT2D eigenvalue weighted by atomic mass is 10.1. The van der Waals surface area contributed by atoms with Gasteiger partial charge in [-0.3, -0.25) is 14.3 Å². The maximum absolute atomic E-state index is 12.6. The molecule has 0 spiro atoms. The molecule has 0 aliphatic carbocycles. The Morgan fingerprint density at radius 3 is 2.68 bits per heavy atom. The maximum Gasteiger partial charge on any atom is 0.290 e. The van der Waals surface area contributed by atoms with Gasteiger partial charge < -0.3 is 14.6 Å². The van der Waals surface area contributed by atoms with Crippen molar-refractivity contribution >= 4 is 11.8 Å². The first kappa shape index (κ1) is 18.0. The molecule has 3 aromatic rings. The van der Waals surface area contributed by atoms with Gasteiger partial charge in [-0.25, -0.2) is 0 Å². The predicted octanol–water partition coefficient (Wildman–Crippen LogP) is 2.45. The summed E-state index contributed by atoms with van der Waals surface area (Å²) in [4.78, 5) is 26.7. The molecule has 7 nitrogen and oxygen atoms in total. The minimum absolute atomic E-state index is 0.127. The average molecular weight is 378 g/mol. The number of amides is 2. The van der Waals surface area contributed by atoms with Crippen molar-refractivity contribution in [2.24, 2.45) is 0 Å². The van der Waals surface area contributed by atoms with Crippen molar-refractivity contribution in [3.8, 4) is 0 Å². The maximum atomic E-state index is 12.6. The zero-order valence-corrected chi connectivity index (χ0v) is 15.5. The summed E-state index contributed by atoms with van der Waals surface area (Å²) in [6, 6.07) is 12.8. The van der Waals surface area contributed by atoms with Crippen LogP contribution in [0.5, 0.6) is 0 Å². The first-order valence-electron chi connectivity index (χ1n) is 9.38. The second-order valence-electron chi connectivity index (χ2n) is 6.87. The number of nitrogens with one attached hydrogen (secondary N) is 1. The highest BCUT2D eigenvalue weighted by atomic mass is 16.3. The number of hydrogen-bond donors (Lipinski definition) is 1. The van der Waals surface area contributed by atoms with Gasteiger partial charge in [0, 0.05) is 25.5 Å². The molecule has 1 aromatic carbocycles. The highest BCUT2D eigenvalue weighted by Gasteiger charge is 2.35. The minimum atomic E-state index is -0.448. The van der Waals surface area contributed by atoms with Crippen molar-refractivity contribution in [2.75, 3.05) is 6.54 Å². The SMILES string of the molecule is O=C(NCc1ccc(Cn2cccn2)cc1)C1CCCN1C(=O)c1ccco1. The highest BCUT2D eigenvalue weighted by molar-refractivity contribution is 5.95. The van der Waals surface area contributed by atoms with Crippen LogP contribution in [0.3, 0.4) is 0 Å². The molecule has 1 atom stereocenters. The van der Waals surface area contributed by atoms with Crippen LogP contribution in [0.25, 0.3) is 0 Å². The van der Waals surface area contributed by atoms with E-state index in [0.29, 0.717) is 26.1 Å². The number of carbonyl (C=O) groups excluding carboxylic acids is 2. The Hall–Kier alpha value is -3.35. The summed E-state index contributed by atoms with van der Waals surface area (Å²) >= 11 is 0. The van der Waals surface area contributed by atoms with Crippen LogP contribution in [-0.2, 0) is 17.9 Å². The highest BCUT2D eigenvalue weighted by Crippen LogP contribution is 2.20. The third-order valence-electron chi connectivity index (χ3n) is 4.94. The number of likely N-dealkylation sites (tertiary alicyclic amines) is 1. The molecule has 0 saturated carbocycles. The molecule has 7 heteroatoms. The molecular formula is C21H22N4O3. The number of carbonyl (C=O) groups is 2. The Labute approximate surface area is 162 Å². The molecular weight excluding hydrogens is 356 g/mol. The number of nitrogens with zero attached hydrogens (tertiary/aromatic N) is 3. The van der Waals surface area contributed by atoms with E-state index >= 15 is 0 Å². The lowest BCUT2D eigenvalue weighted by Gasteiger charge is -2.23. The molecule has 28 heavy (non-hydrogen) atoms. The molecule has 0 radical (unpaired) electrons. The Morgan fingerprint density at radius 2 is 1.96 bits per heavy atom. The molecule has 1 aliphatic rings. The van der Waals surface area contributed by atoms with E-state index < -0.39 is 6.04 Å². The van der Waals surface area contributed by atoms with Gasteiger partial charge >= 0.3 is 0 Å². The Morgan fingerprint density at radius 1 is 1.14 bits per heavy atom. The van der Waals surface area contributed by atoms with Gasteiger partial charge in [-0.2, -0.15) is 5.10 Å². The standard InChI is InChI=1S/C21H22N4O3/c26-20(18-4-1-12-25(18)21(27)19-5-2-13-28-19)22-14-16-6-8-17(9-7-16)15-24-11-3-10-23-24/h2-3,5-11,13,18H,1,4,12,14-15H2,(H,22,26). The van der Waals surface area contributed by atoms with Gasteiger partial charge in [0.1, 0.15) is 6.04 Å². The molecule has 1 N–H and O–H groups in total. The fourth-order valence-corrected chi connectivity index (χ4v) is 3.47. The monoisotopic (exact) mass is 378 g/mol. The zero-order valence-electron chi connectivity index (χ0n) is 15.5. The van der Waals surface area contributed by atoms with Crippen LogP contribution in [0.4, 0.5) is 0 Å². The lowest BCUT2D eigenvalue weighted by Crippen LogP contribution is -2.45. The summed E-state index contributed by atoms with van der Waals surface area (Å²) in [7, 11) is 0. The van der Waals surface area contributed by atoms with Gasteiger partial charge in [-0.05, 0) is 42.2 Å². The van der Waals surface area contributed by atoms with E-state index in [-0.39, 0.29) is 17.6 Å². The predicted molar refractivity (Wildman–Crippen MR) is 102 cm³/mol. The van der Waals surface area contributed by atoms with Crippen LogP contribution in [0.2, 0.25) is 0 Å². The normalized spacial score (nSPS) is 16.3. The van der Waals surface area contributed by atoms with Crippen molar-refractivity contribution < 1.29 is 14.0 Å². The minimum Gasteiger partial charge on any atom is -0.459 e. The van der Waals surface area contributed by atoms with Gasteiger partial charge in [0.05, 0.1) is 12.8 Å². The van der Waals surface area contributed by atoms with E-state index in [4.69, 9.17) is 4.42 Å². The largest absolute Gasteiger partial charge is 0.459 e. The molecule has 1 unspecified atom stereocenters. The van der Waals surface area contributed by atoms with E-state index in [2.05, 4.69) is 10.4 Å². The van der Waals surface area contributed by atoms with E-state index in [1.165, 1.54) is 6.26 Å². The summed E-state index contributed by atoms with van der Waals surface area (Å²) in [6.45, 7) is 1.71. The first-order valence-corrected chi connectivity index (χ1v) is 9.38. The van der Waals surface area contributed by atoms with Crippen LogP contribution in [0.15, 0.2) is 65.5 Å². The molecule has 0 bridgehead atoms. The quantitative estimate of drug-likeness (QED) is 0.714. The van der Waals surface area contributed by atoms with E-state index in [9.17, 15) is 9.59 Å². The number of aromatic nitrogens is 2. The Balaban J connectivity index is 1.32. The molecule has 2 amide bonds. The number of furan rings is 1. The van der Waals surface area contributed by atoms with E-state index in [1.54, 1.807) is 23.2 Å². The summed E-state index contributed by atoms with van der Waals surface area (Å²) in [5.41, 5.74) is 2.16. The second-order valence-corrected chi connectivity index (χ2v) is 6.87. The Kier molecular flexibility index (Phi) is 5.23. The average Bonchev–Trinajstić information content (AvgIpc) is 3.49. The van der Waals surface area contributed by atoms with Crippen molar-refractivity contribution in [3.05, 3.63) is 78.0 Å². The van der Waals surface area contributed by atoms with Gasteiger partial charge in [-0.15, -0.1) is 0 Å². The number of benzene rings is 1. The molecule has 1 aliphatic heterocycles. The van der Waals surface area contributed by atoms with Gasteiger partial charge in [-0.1, -0.05) is 24.3 Å².